The zero-order valence-corrected chi connectivity index (χ0v) is 10.9. The summed E-state index contributed by atoms with van der Waals surface area (Å²) in [7, 11) is 0. The first-order chi connectivity index (χ1) is 8.61. The number of halogens is 1. The molecule has 0 radical (unpaired) electrons. The molecule has 1 unspecified atom stereocenters. The lowest BCUT2D eigenvalue weighted by Crippen LogP contribution is -2.01. The Balaban J connectivity index is 2.26. The summed E-state index contributed by atoms with van der Waals surface area (Å²) in [5.74, 6) is 0.917. The van der Waals surface area contributed by atoms with E-state index < -0.39 is 0 Å². The van der Waals surface area contributed by atoms with Crippen molar-refractivity contribution in [3.05, 3.63) is 29.0 Å². The molecule has 0 aliphatic rings. The number of aromatic nitrogens is 2. The largest absolute Gasteiger partial charge is 0.398 e. The Hall–Kier alpha value is -1.59. The monoisotopic (exact) mass is 267 g/mol. The van der Waals surface area contributed by atoms with E-state index in [0.29, 0.717) is 29.0 Å². The van der Waals surface area contributed by atoms with Crippen LogP contribution in [0.3, 0.4) is 0 Å². The number of nitrogens with two attached hydrogens (primary N) is 1. The number of nitrogens with zero attached hydrogens (tertiary/aromatic N) is 2. The van der Waals surface area contributed by atoms with Crippen LogP contribution in [0.25, 0.3) is 11.5 Å². The number of ether oxygens (including phenoxy) is 1. The summed E-state index contributed by atoms with van der Waals surface area (Å²) >= 11 is 5.85. The standard InChI is InChI=1S/C12H14ClN3O2/c1-3-17-7(2)11-15-12(18-16-11)8-4-5-9(13)10(14)6-8/h4-7H,3,14H2,1-2H3. The van der Waals surface area contributed by atoms with E-state index in [4.69, 9.17) is 26.6 Å². The van der Waals surface area contributed by atoms with Gasteiger partial charge in [-0.15, -0.1) is 0 Å². The van der Waals surface area contributed by atoms with Crippen LogP contribution in [0.4, 0.5) is 5.69 Å². The summed E-state index contributed by atoms with van der Waals surface area (Å²) in [6.45, 7) is 4.38. The van der Waals surface area contributed by atoms with Crippen LogP contribution in [-0.4, -0.2) is 16.7 Å². The van der Waals surface area contributed by atoms with E-state index in [1.807, 2.05) is 13.8 Å². The third kappa shape index (κ3) is 2.63. The van der Waals surface area contributed by atoms with Gasteiger partial charge in [0, 0.05) is 12.2 Å². The smallest absolute Gasteiger partial charge is 0.258 e. The molecule has 0 saturated heterocycles. The van der Waals surface area contributed by atoms with E-state index in [1.165, 1.54) is 0 Å². The normalized spacial score (nSPS) is 12.6. The molecule has 5 nitrogen and oxygen atoms in total. The summed E-state index contributed by atoms with van der Waals surface area (Å²) in [5.41, 5.74) is 6.94. The van der Waals surface area contributed by atoms with Gasteiger partial charge in [0.1, 0.15) is 6.10 Å². The summed E-state index contributed by atoms with van der Waals surface area (Å²) < 4.78 is 10.6. The molecule has 2 rings (SSSR count). The van der Waals surface area contributed by atoms with E-state index in [2.05, 4.69) is 10.1 Å². The maximum atomic E-state index is 5.85. The van der Waals surface area contributed by atoms with Crippen molar-refractivity contribution < 1.29 is 9.26 Å². The lowest BCUT2D eigenvalue weighted by atomic mass is 10.2. The molecule has 0 aliphatic carbocycles. The molecule has 0 amide bonds. The van der Waals surface area contributed by atoms with Crippen molar-refractivity contribution in [3.63, 3.8) is 0 Å². The number of benzene rings is 1. The molecule has 6 heteroatoms. The Morgan fingerprint density at radius 1 is 1.50 bits per heavy atom. The Morgan fingerprint density at radius 3 is 2.94 bits per heavy atom. The fourth-order valence-electron chi connectivity index (χ4n) is 1.52. The third-order valence-corrected chi connectivity index (χ3v) is 2.81. The topological polar surface area (TPSA) is 74.2 Å². The summed E-state index contributed by atoms with van der Waals surface area (Å²) in [6, 6.07) is 5.17. The van der Waals surface area contributed by atoms with E-state index in [0.717, 1.165) is 5.56 Å². The molecule has 1 heterocycles. The number of rotatable bonds is 4. The van der Waals surface area contributed by atoms with Crippen molar-refractivity contribution in [1.29, 1.82) is 0 Å². The predicted octanol–water partition coefficient (Wildman–Crippen LogP) is 3.07. The van der Waals surface area contributed by atoms with E-state index in [1.54, 1.807) is 18.2 Å². The molecule has 0 bridgehead atoms. The van der Waals surface area contributed by atoms with Gasteiger partial charge in [0.05, 0.1) is 10.7 Å². The van der Waals surface area contributed by atoms with Gasteiger partial charge in [0.2, 0.25) is 5.82 Å². The van der Waals surface area contributed by atoms with Gasteiger partial charge in [-0.2, -0.15) is 4.98 Å². The van der Waals surface area contributed by atoms with Gasteiger partial charge in [-0.05, 0) is 32.0 Å². The number of anilines is 1. The molecule has 0 saturated carbocycles. The van der Waals surface area contributed by atoms with Gasteiger partial charge in [-0.25, -0.2) is 0 Å². The molecule has 2 aromatic rings. The zero-order chi connectivity index (χ0) is 13.1. The first-order valence-electron chi connectivity index (χ1n) is 5.62. The minimum atomic E-state index is -0.197. The number of hydrogen-bond donors (Lipinski definition) is 1. The fraction of sp³-hybridized carbons (Fsp3) is 0.333. The molecular formula is C12H14ClN3O2. The van der Waals surface area contributed by atoms with Crippen molar-refractivity contribution in [1.82, 2.24) is 10.1 Å². The molecule has 1 aromatic carbocycles. The van der Waals surface area contributed by atoms with Crippen molar-refractivity contribution in [2.45, 2.75) is 20.0 Å². The Morgan fingerprint density at radius 2 is 2.28 bits per heavy atom. The van der Waals surface area contributed by atoms with E-state index in [-0.39, 0.29) is 6.10 Å². The molecule has 0 fully saturated rings. The average molecular weight is 268 g/mol. The van der Waals surface area contributed by atoms with E-state index in [9.17, 15) is 0 Å². The predicted molar refractivity (Wildman–Crippen MR) is 69.2 cm³/mol. The van der Waals surface area contributed by atoms with Crippen molar-refractivity contribution in [2.24, 2.45) is 0 Å². The lowest BCUT2D eigenvalue weighted by Gasteiger charge is -2.04. The molecule has 0 aliphatic heterocycles. The van der Waals surface area contributed by atoms with Crippen molar-refractivity contribution >= 4 is 17.3 Å². The molecule has 96 valence electrons. The van der Waals surface area contributed by atoms with Crippen molar-refractivity contribution in [2.75, 3.05) is 12.3 Å². The molecule has 0 spiro atoms. The maximum absolute atomic E-state index is 5.85. The highest BCUT2D eigenvalue weighted by Gasteiger charge is 2.15. The van der Waals surface area contributed by atoms with Gasteiger partial charge < -0.3 is 15.0 Å². The first-order valence-corrected chi connectivity index (χ1v) is 6.00. The minimum Gasteiger partial charge on any atom is -0.398 e. The summed E-state index contributed by atoms with van der Waals surface area (Å²) in [5, 5.41) is 4.38. The van der Waals surface area contributed by atoms with Gasteiger partial charge in [-0.1, -0.05) is 16.8 Å². The SMILES string of the molecule is CCOC(C)c1noc(-c2ccc(Cl)c(N)c2)n1. The van der Waals surface area contributed by atoms with Gasteiger partial charge in [0.25, 0.3) is 5.89 Å². The lowest BCUT2D eigenvalue weighted by molar-refractivity contribution is 0.0683. The van der Waals surface area contributed by atoms with Crippen LogP contribution in [0.2, 0.25) is 5.02 Å². The van der Waals surface area contributed by atoms with Gasteiger partial charge >= 0.3 is 0 Å². The van der Waals surface area contributed by atoms with Crippen LogP contribution in [-0.2, 0) is 4.74 Å². The maximum Gasteiger partial charge on any atom is 0.258 e. The van der Waals surface area contributed by atoms with Crippen LogP contribution in [0.15, 0.2) is 22.7 Å². The third-order valence-electron chi connectivity index (χ3n) is 2.46. The van der Waals surface area contributed by atoms with Crippen LogP contribution >= 0.6 is 11.6 Å². The number of hydrogen-bond acceptors (Lipinski definition) is 5. The van der Waals surface area contributed by atoms with Gasteiger partial charge in [-0.3, -0.25) is 0 Å². The molecule has 18 heavy (non-hydrogen) atoms. The summed E-state index contributed by atoms with van der Waals surface area (Å²) in [4.78, 5) is 4.27. The molecule has 1 aromatic heterocycles. The first kappa shape index (κ1) is 12.9. The highest BCUT2D eigenvalue weighted by Crippen LogP contribution is 2.26. The second-order valence-electron chi connectivity index (χ2n) is 3.79. The molecule has 1 atom stereocenters. The minimum absolute atomic E-state index is 0.197. The van der Waals surface area contributed by atoms with Crippen LogP contribution in [0.5, 0.6) is 0 Å². The molecular weight excluding hydrogens is 254 g/mol. The highest BCUT2D eigenvalue weighted by atomic mass is 35.5. The second kappa shape index (κ2) is 5.37. The van der Waals surface area contributed by atoms with Crippen LogP contribution in [0, 0.1) is 0 Å². The van der Waals surface area contributed by atoms with Crippen molar-refractivity contribution in [3.8, 4) is 11.5 Å². The molecule has 2 N–H and O–H groups in total. The number of nitrogen functional groups attached to an aromatic ring is 1. The van der Waals surface area contributed by atoms with Crippen LogP contribution < -0.4 is 5.73 Å². The zero-order valence-electron chi connectivity index (χ0n) is 10.2. The quantitative estimate of drug-likeness (QED) is 0.862. The Bertz CT molecular complexity index is 542. The van der Waals surface area contributed by atoms with E-state index >= 15 is 0 Å². The highest BCUT2D eigenvalue weighted by molar-refractivity contribution is 6.33. The second-order valence-corrected chi connectivity index (χ2v) is 4.20. The Labute approximate surface area is 110 Å². The van der Waals surface area contributed by atoms with Crippen LogP contribution in [0.1, 0.15) is 25.8 Å². The van der Waals surface area contributed by atoms with Gasteiger partial charge in [0.15, 0.2) is 0 Å². The fourth-order valence-corrected chi connectivity index (χ4v) is 1.64. The summed E-state index contributed by atoms with van der Waals surface area (Å²) in [6.07, 6.45) is -0.197. The Kier molecular flexibility index (Phi) is 3.84. The average Bonchev–Trinajstić information content (AvgIpc) is 2.82.